The van der Waals surface area contributed by atoms with Crippen molar-refractivity contribution < 1.29 is 4.79 Å². The number of aromatic nitrogens is 1. The van der Waals surface area contributed by atoms with E-state index in [-0.39, 0.29) is 29.9 Å². The van der Waals surface area contributed by atoms with Gasteiger partial charge in [0.15, 0.2) is 0 Å². The number of pyridine rings is 1. The molecule has 1 atom stereocenters. The molecular formula is C16H18ClN3O2. The van der Waals surface area contributed by atoms with Gasteiger partial charge in [-0.2, -0.15) is 0 Å². The topological polar surface area (TPSA) is 74.0 Å². The average Bonchev–Trinajstić information content (AvgIpc) is 2.53. The number of halogens is 1. The molecule has 3 rings (SSSR count). The Labute approximate surface area is 134 Å². The Hall–Kier alpha value is -2.11. The van der Waals surface area contributed by atoms with E-state index < -0.39 is 0 Å². The second kappa shape index (κ2) is 7.24. The fourth-order valence-electron chi connectivity index (χ4n) is 2.62. The minimum Gasteiger partial charge on any atom is -0.350 e. The zero-order valence-electron chi connectivity index (χ0n) is 12.0. The maximum absolute atomic E-state index is 12.0. The predicted molar refractivity (Wildman–Crippen MR) is 87.5 cm³/mol. The van der Waals surface area contributed by atoms with Crippen LogP contribution in [0.1, 0.15) is 27.5 Å². The first kappa shape index (κ1) is 16.3. The summed E-state index contributed by atoms with van der Waals surface area (Å²) in [7, 11) is 0. The molecule has 0 saturated heterocycles. The molecule has 1 unspecified atom stereocenters. The summed E-state index contributed by atoms with van der Waals surface area (Å²) in [5.74, 6) is -0.184. The van der Waals surface area contributed by atoms with Gasteiger partial charge in [-0.25, -0.2) is 0 Å². The number of carbonyl (C=O) groups is 1. The monoisotopic (exact) mass is 319 g/mol. The van der Waals surface area contributed by atoms with Crippen molar-refractivity contribution in [3.63, 3.8) is 0 Å². The zero-order chi connectivity index (χ0) is 14.7. The average molecular weight is 320 g/mol. The molecule has 0 aliphatic carbocycles. The number of benzene rings is 1. The molecule has 0 fully saturated rings. The number of fused-ring (bicyclic) bond motifs is 1. The van der Waals surface area contributed by atoms with Crippen LogP contribution in [0, 0.1) is 0 Å². The first-order chi connectivity index (χ1) is 10.2. The van der Waals surface area contributed by atoms with Crippen LogP contribution in [-0.4, -0.2) is 24.0 Å². The normalized spacial score (nSPS) is 16.3. The fraction of sp³-hybridized carbons (Fsp3) is 0.250. The van der Waals surface area contributed by atoms with Crippen molar-refractivity contribution in [3.05, 3.63) is 69.6 Å². The largest absolute Gasteiger partial charge is 0.350 e. The molecule has 0 bridgehead atoms. The first-order valence-corrected chi connectivity index (χ1v) is 7.02. The standard InChI is InChI=1S/C16H17N3O2.ClH/c20-15-6-5-12(9-18-15)16(21)19-10-14-13-4-2-1-3-11(13)7-8-17-14;/h1-6,9,14,17H,7-8,10H2,(H,18,20)(H,19,21);1H. The Morgan fingerprint density at radius 2 is 2.05 bits per heavy atom. The lowest BCUT2D eigenvalue weighted by Gasteiger charge is -2.27. The van der Waals surface area contributed by atoms with Crippen LogP contribution in [0.5, 0.6) is 0 Å². The van der Waals surface area contributed by atoms with Gasteiger partial charge in [-0.15, -0.1) is 12.4 Å². The summed E-state index contributed by atoms with van der Waals surface area (Å²) in [4.78, 5) is 25.5. The van der Waals surface area contributed by atoms with Crippen LogP contribution in [0.3, 0.4) is 0 Å². The highest BCUT2D eigenvalue weighted by atomic mass is 35.5. The van der Waals surface area contributed by atoms with E-state index in [1.807, 2.05) is 12.1 Å². The van der Waals surface area contributed by atoms with Crippen LogP contribution >= 0.6 is 12.4 Å². The molecule has 0 radical (unpaired) electrons. The molecule has 3 N–H and O–H groups in total. The summed E-state index contributed by atoms with van der Waals surface area (Å²) in [5.41, 5.74) is 2.82. The summed E-state index contributed by atoms with van der Waals surface area (Å²) < 4.78 is 0. The number of hydrogen-bond acceptors (Lipinski definition) is 3. The number of aromatic amines is 1. The lowest BCUT2D eigenvalue weighted by molar-refractivity contribution is 0.0948. The highest BCUT2D eigenvalue weighted by Gasteiger charge is 2.19. The van der Waals surface area contributed by atoms with E-state index in [1.54, 1.807) is 0 Å². The van der Waals surface area contributed by atoms with Crippen molar-refractivity contribution in [2.24, 2.45) is 0 Å². The predicted octanol–water partition coefficient (Wildman–Crippen LogP) is 1.41. The second-order valence-electron chi connectivity index (χ2n) is 5.11. The van der Waals surface area contributed by atoms with E-state index >= 15 is 0 Å². The third kappa shape index (κ3) is 3.55. The third-order valence-electron chi connectivity index (χ3n) is 3.73. The van der Waals surface area contributed by atoms with E-state index in [1.165, 1.54) is 29.5 Å². The Balaban J connectivity index is 0.00000176. The van der Waals surface area contributed by atoms with E-state index in [2.05, 4.69) is 27.8 Å². The fourth-order valence-corrected chi connectivity index (χ4v) is 2.62. The summed E-state index contributed by atoms with van der Waals surface area (Å²) in [5, 5.41) is 6.32. The van der Waals surface area contributed by atoms with Gasteiger partial charge in [-0.3, -0.25) is 9.59 Å². The van der Waals surface area contributed by atoms with E-state index in [9.17, 15) is 9.59 Å². The number of H-pyrrole nitrogens is 1. The SMILES string of the molecule is Cl.O=C(NCC1NCCc2ccccc21)c1ccc(=O)[nH]c1. The summed E-state index contributed by atoms with van der Waals surface area (Å²) in [6, 6.07) is 11.3. The Morgan fingerprint density at radius 3 is 2.82 bits per heavy atom. The van der Waals surface area contributed by atoms with Gasteiger partial charge < -0.3 is 15.6 Å². The van der Waals surface area contributed by atoms with E-state index in [4.69, 9.17) is 0 Å². The van der Waals surface area contributed by atoms with E-state index in [0.717, 1.165) is 13.0 Å². The molecule has 22 heavy (non-hydrogen) atoms. The molecule has 2 aromatic rings. The van der Waals surface area contributed by atoms with Crippen molar-refractivity contribution in [3.8, 4) is 0 Å². The quantitative estimate of drug-likeness (QED) is 0.801. The molecule has 5 nitrogen and oxygen atoms in total. The first-order valence-electron chi connectivity index (χ1n) is 7.02. The molecule has 1 amide bonds. The molecule has 1 aromatic heterocycles. The van der Waals surface area contributed by atoms with Crippen molar-refractivity contribution in [1.29, 1.82) is 0 Å². The van der Waals surface area contributed by atoms with E-state index in [0.29, 0.717) is 12.1 Å². The lowest BCUT2D eigenvalue weighted by atomic mass is 9.94. The van der Waals surface area contributed by atoms with Crippen LogP contribution in [0.15, 0.2) is 47.4 Å². The van der Waals surface area contributed by atoms with Crippen LogP contribution in [0.4, 0.5) is 0 Å². The molecular weight excluding hydrogens is 302 g/mol. The van der Waals surface area contributed by atoms with Gasteiger partial charge >= 0.3 is 0 Å². The molecule has 2 heterocycles. The lowest BCUT2D eigenvalue weighted by Crippen LogP contribution is -2.38. The number of hydrogen-bond donors (Lipinski definition) is 3. The van der Waals surface area contributed by atoms with Gasteiger partial charge in [0.25, 0.3) is 5.91 Å². The molecule has 6 heteroatoms. The van der Waals surface area contributed by atoms with Crippen LogP contribution < -0.4 is 16.2 Å². The molecule has 0 saturated carbocycles. The van der Waals surface area contributed by atoms with Crippen LogP contribution in [0.2, 0.25) is 0 Å². The number of amides is 1. The Morgan fingerprint density at radius 1 is 1.23 bits per heavy atom. The number of rotatable bonds is 3. The summed E-state index contributed by atoms with van der Waals surface area (Å²) >= 11 is 0. The van der Waals surface area contributed by atoms with Crippen molar-refractivity contribution >= 4 is 18.3 Å². The number of nitrogens with one attached hydrogen (secondary N) is 3. The van der Waals surface area contributed by atoms with Gasteiger partial charge in [0, 0.05) is 24.8 Å². The molecule has 1 aliphatic heterocycles. The molecule has 1 aromatic carbocycles. The summed E-state index contributed by atoms with van der Waals surface area (Å²) in [6.07, 6.45) is 2.44. The highest BCUT2D eigenvalue weighted by molar-refractivity contribution is 5.93. The van der Waals surface area contributed by atoms with Crippen molar-refractivity contribution in [2.45, 2.75) is 12.5 Å². The Bertz CT molecular complexity index is 694. The zero-order valence-corrected chi connectivity index (χ0v) is 12.8. The summed E-state index contributed by atoms with van der Waals surface area (Å²) in [6.45, 7) is 1.44. The van der Waals surface area contributed by atoms with Crippen molar-refractivity contribution in [2.75, 3.05) is 13.1 Å². The Kier molecular flexibility index (Phi) is 5.35. The molecule has 116 valence electrons. The van der Waals surface area contributed by atoms with Gasteiger partial charge in [0.05, 0.1) is 5.56 Å². The number of carbonyl (C=O) groups excluding carboxylic acids is 1. The third-order valence-corrected chi connectivity index (χ3v) is 3.73. The van der Waals surface area contributed by atoms with Gasteiger partial charge in [0.2, 0.25) is 5.56 Å². The maximum atomic E-state index is 12.0. The smallest absolute Gasteiger partial charge is 0.252 e. The van der Waals surface area contributed by atoms with Gasteiger partial charge in [0.1, 0.15) is 0 Å². The van der Waals surface area contributed by atoms with Gasteiger partial charge in [-0.05, 0) is 30.2 Å². The molecule has 1 aliphatic rings. The van der Waals surface area contributed by atoms with Gasteiger partial charge in [-0.1, -0.05) is 24.3 Å². The minimum absolute atomic E-state index is 0. The minimum atomic E-state index is -0.213. The van der Waals surface area contributed by atoms with Crippen LogP contribution in [0.25, 0.3) is 0 Å². The van der Waals surface area contributed by atoms with Crippen LogP contribution in [-0.2, 0) is 6.42 Å². The second-order valence-corrected chi connectivity index (χ2v) is 5.11. The highest BCUT2D eigenvalue weighted by Crippen LogP contribution is 2.21. The maximum Gasteiger partial charge on any atom is 0.252 e. The molecule has 0 spiro atoms. The van der Waals surface area contributed by atoms with Crippen molar-refractivity contribution in [1.82, 2.24) is 15.6 Å².